The van der Waals surface area contributed by atoms with Crippen LogP contribution in [0.4, 0.5) is 0 Å². The van der Waals surface area contributed by atoms with Crippen LogP contribution in [0.2, 0.25) is 0 Å². The van der Waals surface area contributed by atoms with Gasteiger partial charge in [-0.3, -0.25) is 19.2 Å². The molecule has 0 aromatic heterocycles. The number of benzene rings is 4. The number of hydrogen-bond donors (Lipinski definition) is 0. The quantitative estimate of drug-likeness (QED) is 0.0340. The van der Waals surface area contributed by atoms with Crippen molar-refractivity contribution in [1.29, 1.82) is 0 Å². The smallest absolute Gasteiger partial charge is 0.307 e. The topological polar surface area (TPSA) is 121 Å². The van der Waals surface area contributed by atoms with E-state index in [9.17, 15) is 19.2 Å². The van der Waals surface area contributed by atoms with Gasteiger partial charge in [0.25, 0.3) is 0 Å². The lowest BCUT2D eigenvalue weighted by atomic mass is 10.0. The molecule has 4 aromatic rings. The highest BCUT2D eigenvalue weighted by Gasteiger charge is 2.12. The predicted octanol–water partition coefficient (Wildman–Crippen LogP) is 6.91. The Kier molecular flexibility index (Phi) is 20.0. The standard InChI is InChI=1S/C46H56N2O9/c1-3-47(27-11-31-54-41-21-17-39(18-22-41)45(51)37-13-7-5-8-14-37)29-25-43(49)56-35-33-53-34-36-57-44(50)26-30-48(4-2)28-12-32-55-42-23-19-40(20-24-42)46(52)38-15-9-6-10-16-38/h5-10,13-24H,3-4,11-12,25-36H2,1-2H3. The minimum absolute atomic E-state index is 0.0213. The molecule has 0 unspecified atom stereocenters. The van der Waals surface area contributed by atoms with Gasteiger partial charge in [-0.15, -0.1) is 0 Å². The van der Waals surface area contributed by atoms with E-state index in [1.54, 1.807) is 48.5 Å². The number of rotatable bonds is 28. The van der Waals surface area contributed by atoms with Crippen molar-refractivity contribution in [2.75, 3.05) is 78.9 Å². The molecule has 0 N–H and O–H groups in total. The summed E-state index contributed by atoms with van der Waals surface area (Å²) >= 11 is 0. The number of nitrogens with zero attached hydrogens (tertiary/aromatic N) is 2. The van der Waals surface area contributed by atoms with E-state index in [1.807, 2.05) is 74.5 Å². The normalized spacial score (nSPS) is 11.0. The molecule has 4 aromatic carbocycles. The number of hydrogen-bond acceptors (Lipinski definition) is 11. The number of carbonyl (C=O) groups excluding carboxylic acids is 4. The molecule has 0 saturated heterocycles. The lowest BCUT2D eigenvalue weighted by Gasteiger charge is -2.20. The minimum Gasteiger partial charge on any atom is -0.494 e. The Morgan fingerprint density at radius 2 is 0.807 bits per heavy atom. The van der Waals surface area contributed by atoms with Crippen LogP contribution in [0.5, 0.6) is 11.5 Å². The summed E-state index contributed by atoms with van der Waals surface area (Å²) in [7, 11) is 0. The third-order valence-electron chi connectivity index (χ3n) is 9.22. The van der Waals surface area contributed by atoms with Gasteiger partial charge in [0.2, 0.25) is 0 Å². The van der Waals surface area contributed by atoms with Gasteiger partial charge in [-0.05, 0) is 74.5 Å². The van der Waals surface area contributed by atoms with E-state index in [0.29, 0.717) is 60.1 Å². The Morgan fingerprint density at radius 1 is 0.439 bits per heavy atom. The highest BCUT2D eigenvalue weighted by molar-refractivity contribution is 6.09. The van der Waals surface area contributed by atoms with Crippen molar-refractivity contribution in [2.24, 2.45) is 0 Å². The molecule has 0 fully saturated rings. The van der Waals surface area contributed by atoms with Crippen LogP contribution in [0.3, 0.4) is 0 Å². The van der Waals surface area contributed by atoms with Crippen molar-refractivity contribution in [3.05, 3.63) is 131 Å². The molecule has 0 radical (unpaired) electrons. The average molecular weight is 781 g/mol. The van der Waals surface area contributed by atoms with E-state index >= 15 is 0 Å². The van der Waals surface area contributed by atoms with Gasteiger partial charge in [-0.25, -0.2) is 0 Å². The molecular weight excluding hydrogens is 725 g/mol. The molecule has 0 bridgehead atoms. The third kappa shape index (κ3) is 16.7. The van der Waals surface area contributed by atoms with E-state index in [2.05, 4.69) is 9.80 Å². The number of carbonyl (C=O) groups is 4. The van der Waals surface area contributed by atoms with Gasteiger partial charge < -0.3 is 33.5 Å². The second kappa shape index (κ2) is 25.7. The summed E-state index contributed by atoms with van der Waals surface area (Å²) < 4.78 is 27.8. The fraction of sp³-hybridized carbons (Fsp3) is 0.391. The van der Waals surface area contributed by atoms with Gasteiger partial charge in [0.15, 0.2) is 11.6 Å². The second-order valence-corrected chi connectivity index (χ2v) is 13.3. The van der Waals surface area contributed by atoms with E-state index in [0.717, 1.165) is 39.0 Å². The van der Waals surface area contributed by atoms with E-state index in [-0.39, 0.29) is 62.8 Å². The summed E-state index contributed by atoms with van der Waals surface area (Å²) in [6, 6.07) is 32.7. The van der Waals surface area contributed by atoms with Gasteiger partial charge in [0, 0.05) is 48.4 Å². The van der Waals surface area contributed by atoms with Crippen LogP contribution in [-0.2, 0) is 23.8 Å². The van der Waals surface area contributed by atoms with Crippen molar-refractivity contribution in [3.63, 3.8) is 0 Å². The Hall–Kier alpha value is -5.36. The first-order valence-corrected chi connectivity index (χ1v) is 19.8. The fourth-order valence-corrected chi connectivity index (χ4v) is 5.90. The zero-order valence-corrected chi connectivity index (χ0v) is 33.3. The zero-order valence-electron chi connectivity index (χ0n) is 33.3. The lowest BCUT2D eigenvalue weighted by Crippen LogP contribution is -2.29. The van der Waals surface area contributed by atoms with Gasteiger partial charge in [-0.1, -0.05) is 74.5 Å². The molecule has 0 atom stereocenters. The van der Waals surface area contributed by atoms with Crippen molar-refractivity contribution in [1.82, 2.24) is 9.80 Å². The molecule has 304 valence electrons. The van der Waals surface area contributed by atoms with Crippen LogP contribution in [0, 0.1) is 0 Å². The Labute approximate surface area is 336 Å². The summed E-state index contributed by atoms with van der Waals surface area (Å²) in [6.45, 7) is 10.2. The van der Waals surface area contributed by atoms with Crippen molar-refractivity contribution in [3.8, 4) is 11.5 Å². The molecule has 0 aliphatic rings. The maximum absolute atomic E-state index is 12.6. The van der Waals surface area contributed by atoms with E-state index < -0.39 is 0 Å². The third-order valence-corrected chi connectivity index (χ3v) is 9.22. The van der Waals surface area contributed by atoms with Crippen LogP contribution < -0.4 is 9.47 Å². The predicted molar refractivity (Wildman–Crippen MR) is 219 cm³/mol. The summed E-state index contributed by atoms with van der Waals surface area (Å²) in [5.74, 6) is 0.795. The van der Waals surface area contributed by atoms with Crippen LogP contribution >= 0.6 is 0 Å². The largest absolute Gasteiger partial charge is 0.494 e. The monoisotopic (exact) mass is 780 g/mol. The fourth-order valence-electron chi connectivity index (χ4n) is 5.90. The summed E-state index contributed by atoms with van der Waals surface area (Å²) in [5, 5.41) is 0. The summed E-state index contributed by atoms with van der Waals surface area (Å²) in [4.78, 5) is 54.0. The summed E-state index contributed by atoms with van der Waals surface area (Å²) in [6.07, 6.45) is 2.13. The zero-order chi connectivity index (χ0) is 40.5. The SMILES string of the molecule is CCN(CCCOc1ccc(C(=O)c2ccccc2)cc1)CCC(=O)OCCOCCOC(=O)CCN(CC)CCCOc1ccc(C(=O)c2ccccc2)cc1. The molecule has 0 spiro atoms. The highest BCUT2D eigenvalue weighted by Crippen LogP contribution is 2.17. The average Bonchev–Trinajstić information content (AvgIpc) is 3.26. The maximum Gasteiger partial charge on any atom is 0.307 e. The Morgan fingerprint density at radius 3 is 1.18 bits per heavy atom. The van der Waals surface area contributed by atoms with Crippen LogP contribution in [0.1, 0.15) is 71.4 Å². The van der Waals surface area contributed by atoms with Crippen molar-refractivity contribution < 1.29 is 42.9 Å². The lowest BCUT2D eigenvalue weighted by molar-refractivity contribution is -0.147. The molecular formula is C46H56N2O9. The second-order valence-electron chi connectivity index (χ2n) is 13.3. The molecule has 0 aliphatic heterocycles. The first-order valence-electron chi connectivity index (χ1n) is 19.8. The minimum atomic E-state index is -0.289. The first-order chi connectivity index (χ1) is 27.9. The molecule has 11 nitrogen and oxygen atoms in total. The summed E-state index contributed by atoms with van der Waals surface area (Å²) in [5.41, 5.74) is 2.54. The van der Waals surface area contributed by atoms with Gasteiger partial charge >= 0.3 is 11.9 Å². The van der Waals surface area contributed by atoms with E-state index in [1.165, 1.54) is 0 Å². The van der Waals surface area contributed by atoms with Crippen molar-refractivity contribution in [2.45, 2.75) is 39.5 Å². The van der Waals surface area contributed by atoms with Crippen LogP contribution in [0.15, 0.2) is 109 Å². The van der Waals surface area contributed by atoms with Crippen molar-refractivity contribution >= 4 is 23.5 Å². The molecule has 0 amide bonds. The molecule has 0 saturated carbocycles. The van der Waals surface area contributed by atoms with Gasteiger partial charge in [0.05, 0.1) is 39.3 Å². The van der Waals surface area contributed by atoms with Gasteiger partial charge in [-0.2, -0.15) is 0 Å². The number of esters is 2. The molecule has 57 heavy (non-hydrogen) atoms. The molecule has 0 heterocycles. The van der Waals surface area contributed by atoms with Crippen LogP contribution in [0.25, 0.3) is 0 Å². The van der Waals surface area contributed by atoms with E-state index in [4.69, 9.17) is 23.7 Å². The maximum atomic E-state index is 12.6. The van der Waals surface area contributed by atoms with Crippen LogP contribution in [-0.4, -0.2) is 112 Å². The van der Waals surface area contributed by atoms with Gasteiger partial charge in [0.1, 0.15) is 24.7 Å². The molecule has 4 rings (SSSR count). The Bertz CT molecular complexity index is 1640. The highest BCUT2D eigenvalue weighted by atomic mass is 16.6. The first kappa shape index (κ1) is 44.4. The number of ether oxygens (including phenoxy) is 5. The number of ketones is 2. The molecule has 11 heteroatoms. The molecule has 0 aliphatic carbocycles. The Balaban J connectivity index is 0.955.